The van der Waals surface area contributed by atoms with E-state index in [0.29, 0.717) is 0 Å². The van der Waals surface area contributed by atoms with Crippen LogP contribution in [0.1, 0.15) is 29.6 Å². The summed E-state index contributed by atoms with van der Waals surface area (Å²) in [6, 6.07) is 10.6. The van der Waals surface area contributed by atoms with E-state index >= 15 is 0 Å². The van der Waals surface area contributed by atoms with Crippen LogP contribution < -0.4 is 5.32 Å². The number of nitrogens with one attached hydrogen (secondary N) is 1. The molecule has 3 heterocycles. The Morgan fingerprint density at radius 2 is 2.00 bits per heavy atom. The number of rotatable bonds is 2. The molecule has 0 saturated carbocycles. The van der Waals surface area contributed by atoms with Crippen LogP contribution in [0.2, 0.25) is 0 Å². The minimum atomic E-state index is -0.236. The van der Waals surface area contributed by atoms with Gasteiger partial charge in [-0.25, -0.2) is 9.07 Å². The van der Waals surface area contributed by atoms with Gasteiger partial charge in [0.15, 0.2) is 0 Å². The number of fused-ring (bicyclic) bond motifs is 1. The number of hydrogen-bond acceptors (Lipinski definition) is 4. The topological polar surface area (TPSA) is 55.6 Å². The van der Waals surface area contributed by atoms with Gasteiger partial charge in [-0.1, -0.05) is 18.2 Å². The molecule has 110 valence electrons. The van der Waals surface area contributed by atoms with Gasteiger partial charge in [-0.2, -0.15) is 10.1 Å². The van der Waals surface area contributed by atoms with Gasteiger partial charge < -0.3 is 5.32 Å². The monoisotopic (exact) mass is 295 g/mol. The lowest BCUT2D eigenvalue weighted by Gasteiger charge is -2.31. The first kappa shape index (κ1) is 12.9. The van der Waals surface area contributed by atoms with Crippen LogP contribution in [0.25, 0.3) is 0 Å². The van der Waals surface area contributed by atoms with Gasteiger partial charge in [0.1, 0.15) is 12.1 Å². The maximum atomic E-state index is 13.2. The average Bonchev–Trinajstić information content (AvgIpc) is 3.04. The van der Waals surface area contributed by atoms with Gasteiger partial charge in [0, 0.05) is 12.4 Å². The molecule has 1 aliphatic rings. The Labute approximate surface area is 126 Å². The first-order chi connectivity index (χ1) is 10.8. The highest BCUT2D eigenvalue weighted by Crippen LogP contribution is 2.36. The van der Waals surface area contributed by atoms with Crippen LogP contribution in [0.15, 0.2) is 55.1 Å². The molecule has 0 saturated heterocycles. The number of halogens is 1. The van der Waals surface area contributed by atoms with Crippen molar-refractivity contribution in [3.8, 4) is 0 Å². The van der Waals surface area contributed by atoms with Crippen LogP contribution in [0.3, 0.4) is 0 Å². The van der Waals surface area contributed by atoms with E-state index in [4.69, 9.17) is 0 Å². The second-order valence-electron chi connectivity index (χ2n) is 5.31. The van der Waals surface area contributed by atoms with Crippen molar-refractivity contribution in [3.63, 3.8) is 0 Å². The summed E-state index contributed by atoms with van der Waals surface area (Å²) in [6.45, 7) is 0. The lowest BCUT2D eigenvalue weighted by molar-refractivity contribution is 0.430. The Kier molecular flexibility index (Phi) is 3.07. The molecule has 22 heavy (non-hydrogen) atoms. The third-order valence-corrected chi connectivity index (χ3v) is 3.97. The van der Waals surface area contributed by atoms with E-state index in [1.54, 1.807) is 18.3 Å². The summed E-state index contributed by atoms with van der Waals surface area (Å²) >= 11 is 0. The quantitative estimate of drug-likeness (QED) is 0.789. The number of nitrogens with zero attached hydrogens (tertiary/aromatic N) is 4. The van der Waals surface area contributed by atoms with Crippen LogP contribution in [0.5, 0.6) is 0 Å². The van der Waals surface area contributed by atoms with Crippen molar-refractivity contribution in [2.45, 2.75) is 18.5 Å². The summed E-state index contributed by atoms with van der Waals surface area (Å²) < 4.78 is 15.0. The zero-order valence-corrected chi connectivity index (χ0v) is 11.7. The second-order valence-corrected chi connectivity index (χ2v) is 5.31. The van der Waals surface area contributed by atoms with E-state index in [2.05, 4.69) is 20.4 Å². The summed E-state index contributed by atoms with van der Waals surface area (Å²) in [4.78, 5) is 8.45. The van der Waals surface area contributed by atoms with Gasteiger partial charge in [-0.05, 0) is 35.7 Å². The van der Waals surface area contributed by atoms with Crippen molar-refractivity contribution in [2.75, 3.05) is 5.32 Å². The fourth-order valence-electron chi connectivity index (χ4n) is 2.88. The van der Waals surface area contributed by atoms with Gasteiger partial charge in [0.2, 0.25) is 5.95 Å². The van der Waals surface area contributed by atoms with E-state index in [-0.39, 0.29) is 17.9 Å². The molecule has 0 radical (unpaired) electrons. The van der Waals surface area contributed by atoms with Crippen LogP contribution in [0, 0.1) is 5.82 Å². The fraction of sp³-hybridized carbons (Fsp3) is 0.188. The number of aromatic nitrogens is 4. The molecule has 2 aromatic heterocycles. The zero-order valence-electron chi connectivity index (χ0n) is 11.7. The molecule has 1 aromatic carbocycles. The SMILES string of the molecule is Fc1ccc([C@@H]2C[C@H](c3cccnc3)Nc3ncnn32)cc1. The molecule has 0 aliphatic carbocycles. The van der Waals surface area contributed by atoms with Crippen molar-refractivity contribution in [1.29, 1.82) is 0 Å². The summed E-state index contributed by atoms with van der Waals surface area (Å²) in [6.07, 6.45) is 5.94. The minimum Gasteiger partial charge on any atom is -0.347 e. The Bertz CT molecular complexity index is 769. The molecule has 3 aromatic rings. The van der Waals surface area contributed by atoms with Crippen LogP contribution in [0.4, 0.5) is 10.3 Å². The lowest BCUT2D eigenvalue weighted by atomic mass is 9.94. The molecule has 5 nitrogen and oxygen atoms in total. The van der Waals surface area contributed by atoms with Gasteiger partial charge in [0.05, 0.1) is 12.1 Å². The Morgan fingerprint density at radius 1 is 1.14 bits per heavy atom. The smallest absolute Gasteiger partial charge is 0.222 e. The molecule has 0 amide bonds. The average molecular weight is 295 g/mol. The first-order valence-electron chi connectivity index (χ1n) is 7.13. The minimum absolute atomic E-state index is 0.0181. The summed E-state index contributed by atoms with van der Waals surface area (Å²) in [5, 5.41) is 7.68. The maximum Gasteiger partial charge on any atom is 0.222 e. The van der Waals surface area contributed by atoms with Crippen molar-refractivity contribution in [2.24, 2.45) is 0 Å². The van der Waals surface area contributed by atoms with Crippen molar-refractivity contribution < 1.29 is 4.39 Å². The van der Waals surface area contributed by atoms with Crippen LogP contribution in [-0.4, -0.2) is 19.7 Å². The maximum absolute atomic E-state index is 13.2. The summed E-state index contributed by atoms with van der Waals surface area (Å²) in [5.74, 6) is 0.481. The number of hydrogen-bond donors (Lipinski definition) is 1. The molecule has 6 heteroatoms. The zero-order chi connectivity index (χ0) is 14.9. The third-order valence-electron chi connectivity index (χ3n) is 3.97. The molecule has 1 N–H and O–H groups in total. The largest absolute Gasteiger partial charge is 0.347 e. The highest BCUT2D eigenvalue weighted by atomic mass is 19.1. The van der Waals surface area contributed by atoms with E-state index in [0.717, 1.165) is 23.5 Å². The van der Waals surface area contributed by atoms with Crippen molar-refractivity contribution in [1.82, 2.24) is 19.7 Å². The summed E-state index contributed by atoms with van der Waals surface area (Å²) in [7, 11) is 0. The molecule has 0 bridgehead atoms. The Hall–Kier alpha value is -2.76. The number of pyridine rings is 1. The lowest BCUT2D eigenvalue weighted by Crippen LogP contribution is -2.28. The normalized spacial score (nSPS) is 20.2. The first-order valence-corrected chi connectivity index (χ1v) is 7.13. The van der Waals surface area contributed by atoms with Crippen molar-refractivity contribution >= 4 is 5.95 Å². The highest BCUT2D eigenvalue weighted by Gasteiger charge is 2.29. The van der Waals surface area contributed by atoms with Gasteiger partial charge in [-0.15, -0.1) is 0 Å². The molecule has 0 fully saturated rings. The molecular formula is C16H14FN5. The van der Waals surface area contributed by atoms with E-state index in [1.165, 1.54) is 18.5 Å². The van der Waals surface area contributed by atoms with E-state index in [1.807, 2.05) is 23.0 Å². The molecule has 1 aliphatic heterocycles. The molecule has 0 spiro atoms. The van der Waals surface area contributed by atoms with E-state index in [9.17, 15) is 4.39 Å². The Morgan fingerprint density at radius 3 is 2.77 bits per heavy atom. The van der Waals surface area contributed by atoms with Gasteiger partial charge in [0.25, 0.3) is 0 Å². The number of anilines is 1. The van der Waals surface area contributed by atoms with E-state index < -0.39 is 0 Å². The van der Waals surface area contributed by atoms with Crippen LogP contribution in [-0.2, 0) is 0 Å². The summed E-state index contributed by atoms with van der Waals surface area (Å²) in [5.41, 5.74) is 2.12. The highest BCUT2D eigenvalue weighted by molar-refractivity contribution is 5.37. The number of benzene rings is 1. The standard InChI is InChI=1S/C16H14FN5/c17-13-5-3-11(4-6-13)15-8-14(12-2-1-7-18-9-12)21-16-19-10-20-22(15)16/h1-7,9-10,14-15H,8H2,(H,19,20,21)/t14-,15+/m1/s1. The fourth-order valence-corrected chi connectivity index (χ4v) is 2.88. The molecule has 0 unspecified atom stereocenters. The van der Waals surface area contributed by atoms with Gasteiger partial charge in [-0.3, -0.25) is 4.98 Å². The Balaban J connectivity index is 1.73. The van der Waals surface area contributed by atoms with Crippen molar-refractivity contribution in [3.05, 3.63) is 72.1 Å². The molecular weight excluding hydrogens is 281 g/mol. The molecule has 2 atom stereocenters. The third kappa shape index (κ3) is 2.22. The second kappa shape index (κ2) is 5.22. The predicted octanol–water partition coefficient (Wildman–Crippen LogP) is 2.96. The predicted molar refractivity (Wildman–Crippen MR) is 79.8 cm³/mol. The molecule has 4 rings (SSSR count). The van der Waals surface area contributed by atoms with Crippen LogP contribution >= 0.6 is 0 Å². The van der Waals surface area contributed by atoms with Gasteiger partial charge >= 0.3 is 0 Å².